The van der Waals surface area contributed by atoms with Gasteiger partial charge in [0.2, 0.25) is 0 Å². The highest BCUT2D eigenvalue weighted by molar-refractivity contribution is 7.82. The first-order valence-corrected chi connectivity index (χ1v) is 16.3. The fourth-order valence-corrected chi connectivity index (χ4v) is 8.88. The fraction of sp³-hybridized carbons (Fsp3) is 0.688. The summed E-state index contributed by atoms with van der Waals surface area (Å²) < 4.78 is 11.6. The predicted molar refractivity (Wildman–Crippen MR) is 155 cm³/mol. The molecule has 3 aliphatic carbocycles. The molecule has 3 N–H and O–H groups in total. The highest BCUT2D eigenvalue weighted by Gasteiger charge is 2.43. The second kappa shape index (κ2) is 11.9. The van der Waals surface area contributed by atoms with E-state index in [0.717, 1.165) is 71.0 Å². The molecule has 1 saturated carbocycles. The number of likely N-dealkylation sites (tertiary alicyclic amines) is 1. The van der Waals surface area contributed by atoms with Crippen LogP contribution in [0.25, 0.3) is 0 Å². The lowest BCUT2D eigenvalue weighted by molar-refractivity contribution is -0.0755. The van der Waals surface area contributed by atoms with Crippen molar-refractivity contribution in [3.8, 4) is 0 Å². The highest BCUT2D eigenvalue weighted by Crippen LogP contribution is 2.54. The minimum absolute atomic E-state index is 0.248. The molecule has 0 bridgehead atoms. The molecule has 5 atom stereocenters. The van der Waals surface area contributed by atoms with Crippen LogP contribution in [0.15, 0.2) is 48.1 Å². The maximum absolute atomic E-state index is 11.7. The van der Waals surface area contributed by atoms with Crippen molar-refractivity contribution in [2.45, 2.75) is 95.5 Å². The van der Waals surface area contributed by atoms with E-state index in [9.17, 15) is 9.32 Å². The minimum atomic E-state index is -1.21. The number of nitrogens with two attached hydrogens (primary N) is 1. The third-order valence-corrected chi connectivity index (χ3v) is 11.3. The lowest BCUT2D eigenvalue weighted by Crippen LogP contribution is -2.49. The van der Waals surface area contributed by atoms with E-state index >= 15 is 0 Å². The van der Waals surface area contributed by atoms with E-state index in [0.29, 0.717) is 23.5 Å². The number of nitrogens with zero attached hydrogens (tertiary/aromatic N) is 1. The van der Waals surface area contributed by atoms with Crippen LogP contribution in [0.5, 0.6) is 0 Å². The summed E-state index contributed by atoms with van der Waals surface area (Å²) in [6.07, 6.45) is 20.2. The number of aliphatic hydroxyl groups is 1. The number of benzene rings is 1. The van der Waals surface area contributed by atoms with E-state index in [4.69, 9.17) is 5.14 Å². The molecule has 1 saturated heterocycles. The van der Waals surface area contributed by atoms with E-state index in [-0.39, 0.29) is 5.41 Å². The van der Waals surface area contributed by atoms with Crippen LogP contribution in [0.4, 0.5) is 0 Å². The Balaban J connectivity index is 1.14. The molecule has 0 radical (unpaired) electrons. The number of hydrogen-bond acceptors (Lipinski definition) is 3. The molecular weight excluding hydrogens is 476 g/mol. The van der Waals surface area contributed by atoms with Gasteiger partial charge in [-0.25, -0.2) is 4.21 Å². The van der Waals surface area contributed by atoms with E-state index < -0.39 is 16.6 Å². The molecular formula is C32H48N2O2S. The SMILES string of the molecule is CC12CC=CC=C1Cc1ccccc1C2CCCN1CCC(O)(C2CCCCC(CS(N)=O)CC2)CC1. The molecule has 1 aromatic carbocycles. The van der Waals surface area contributed by atoms with Crippen LogP contribution in [0.2, 0.25) is 0 Å². The quantitative estimate of drug-likeness (QED) is 0.457. The molecule has 0 amide bonds. The van der Waals surface area contributed by atoms with Crippen LogP contribution in [0.3, 0.4) is 0 Å². The van der Waals surface area contributed by atoms with Crippen LogP contribution >= 0.6 is 0 Å². The van der Waals surface area contributed by atoms with E-state index in [1.54, 1.807) is 11.1 Å². The topological polar surface area (TPSA) is 66.6 Å². The van der Waals surface area contributed by atoms with Crippen molar-refractivity contribution in [1.82, 2.24) is 4.90 Å². The van der Waals surface area contributed by atoms with E-state index in [1.165, 1.54) is 31.2 Å². The lowest BCUT2D eigenvalue weighted by atomic mass is 9.58. The van der Waals surface area contributed by atoms with Crippen molar-refractivity contribution in [1.29, 1.82) is 0 Å². The van der Waals surface area contributed by atoms with Gasteiger partial charge in [-0.1, -0.05) is 67.8 Å². The zero-order valence-corrected chi connectivity index (χ0v) is 23.7. The third-order valence-electron chi connectivity index (χ3n) is 10.5. The van der Waals surface area contributed by atoms with Crippen LogP contribution in [0, 0.1) is 17.3 Å². The molecule has 1 aromatic rings. The summed E-state index contributed by atoms with van der Waals surface area (Å²) >= 11 is 0. The Morgan fingerprint density at radius 2 is 1.89 bits per heavy atom. The van der Waals surface area contributed by atoms with Crippen molar-refractivity contribution in [2.75, 3.05) is 25.4 Å². The molecule has 4 nitrogen and oxygen atoms in total. The summed E-state index contributed by atoms with van der Waals surface area (Å²) in [5.41, 5.74) is 4.43. The Morgan fingerprint density at radius 3 is 2.70 bits per heavy atom. The summed E-state index contributed by atoms with van der Waals surface area (Å²) in [6, 6.07) is 9.13. The largest absolute Gasteiger partial charge is 0.390 e. The molecule has 37 heavy (non-hydrogen) atoms. The van der Waals surface area contributed by atoms with Gasteiger partial charge in [0.1, 0.15) is 0 Å². The molecule has 5 heteroatoms. The molecule has 0 spiro atoms. The second-order valence-corrected chi connectivity index (χ2v) is 13.8. The van der Waals surface area contributed by atoms with Gasteiger partial charge in [0.15, 0.2) is 0 Å². The number of rotatable bonds is 7. The molecule has 4 aliphatic rings. The molecule has 0 aromatic heterocycles. The zero-order chi connectivity index (χ0) is 25.9. The van der Waals surface area contributed by atoms with Gasteiger partial charge >= 0.3 is 0 Å². The van der Waals surface area contributed by atoms with Crippen molar-refractivity contribution >= 4 is 11.0 Å². The second-order valence-electron chi connectivity index (χ2n) is 12.7. The van der Waals surface area contributed by atoms with Gasteiger partial charge in [-0.3, -0.25) is 5.14 Å². The Morgan fingerprint density at radius 1 is 1.11 bits per heavy atom. The minimum Gasteiger partial charge on any atom is -0.390 e. The average molecular weight is 525 g/mol. The van der Waals surface area contributed by atoms with Crippen LogP contribution in [-0.4, -0.2) is 45.2 Å². The summed E-state index contributed by atoms with van der Waals surface area (Å²) in [6.45, 7) is 5.65. The first-order valence-electron chi connectivity index (χ1n) is 14.9. The Kier molecular flexibility index (Phi) is 8.75. The van der Waals surface area contributed by atoms with Crippen molar-refractivity contribution in [2.24, 2.45) is 22.4 Å². The van der Waals surface area contributed by atoms with Crippen LogP contribution < -0.4 is 5.14 Å². The normalized spacial score (nSPS) is 32.9. The van der Waals surface area contributed by atoms with Gasteiger partial charge in [0.05, 0.1) is 16.6 Å². The lowest BCUT2D eigenvalue weighted by Gasteiger charge is -2.46. The monoisotopic (exact) mass is 524 g/mol. The van der Waals surface area contributed by atoms with Crippen molar-refractivity contribution in [3.05, 3.63) is 59.2 Å². The smallest absolute Gasteiger partial charge is 0.0890 e. The van der Waals surface area contributed by atoms with Gasteiger partial charge in [0, 0.05) is 18.8 Å². The molecule has 2 fully saturated rings. The summed E-state index contributed by atoms with van der Waals surface area (Å²) in [5.74, 6) is 2.05. The number of piperidine rings is 1. The summed E-state index contributed by atoms with van der Waals surface area (Å²) in [5, 5.41) is 17.3. The number of allylic oxidation sites excluding steroid dienone is 4. The van der Waals surface area contributed by atoms with Crippen LogP contribution in [0.1, 0.15) is 94.6 Å². The zero-order valence-electron chi connectivity index (χ0n) is 22.9. The molecule has 204 valence electrons. The molecule has 5 unspecified atom stereocenters. The average Bonchev–Trinajstić information content (AvgIpc) is 2.86. The van der Waals surface area contributed by atoms with Gasteiger partial charge < -0.3 is 10.0 Å². The van der Waals surface area contributed by atoms with Gasteiger partial charge in [-0.2, -0.15) is 0 Å². The molecule has 1 heterocycles. The van der Waals surface area contributed by atoms with Crippen molar-refractivity contribution in [3.63, 3.8) is 0 Å². The fourth-order valence-electron chi connectivity index (χ4n) is 8.08. The molecule has 5 rings (SSSR count). The van der Waals surface area contributed by atoms with Gasteiger partial charge in [0.25, 0.3) is 0 Å². The van der Waals surface area contributed by atoms with E-state index in [1.807, 2.05) is 0 Å². The molecule has 1 aliphatic heterocycles. The maximum Gasteiger partial charge on any atom is 0.0890 e. The number of hydrogen-bond donors (Lipinski definition) is 2. The van der Waals surface area contributed by atoms with Gasteiger partial charge in [-0.15, -0.1) is 0 Å². The predicted octanol–water partition coefficient (Wildman–Crippen LogP) is 6.04. The first-order chi connectivity index (χ1) is 17.9. The Labute approximate surface area is 227 Å². The third kappa shape index (κ3) is 6.16. The maximum atomic E-state index is 11.7. The summed E-state index contributed by atoms with van der Waals surface area (Å²) in [4.78, 5) is 2.60. The van der Waals surface area contributed by atoms with Gasteiger partial charge in [-0.05, 0) is 105 Å². The number of fused-ring (bicyclic) bond motifs is 2. The standard InChI is InChI=1S/C32H48N2O2S/c1-31-17-7-6-12-28(31)23-26-10-3-5-13-29(26)30(31)14-8-20-34-21-18-32(35,19-22-34)27-11-4-2-9-25(15-16-27)24-37(33)36/h3,5-7,10,12-13,25,27,30,35H,2,4,8-9,11,14-24,33H2,1H3. The first kappa shape index (κ1) is 27.3. The Hall–Kier alpha value is -1.27. The van der Waals surface area contributed by atoms with Crippen LogP contribution in [-0.2, 0) is 17.4 Å². The van der Waals surface area contributed by atoms with Crippen molar-refractivity contribution < 1.29 is 9.32 Å². The highest BCUT2D eigenvalue weighted by atomic mass is 32.2. The Bertz CT molecular complexity index is 1010. The van der Waals surface area contributed by atoms with E-state index in [2.05, 4.69) is 54.3 Å². The summed E-state index contributed by atoms with van der Waals surface area (Å²) in [7, 11) is -1.21.